The summed E-state index contributed by atoms with van der Waals surface area (Å²) >= 11 is 0. The molecule has 0 bridgehead atoms. The number of halogens is 1. The van der Waals surface area contributed by atoms with Crippen LogP contribution in [0.4, 0.5) is 9.18 Å². The van der Waals surface area contributed by atoms with Gasteiger partial charge in [0.05, 0.1) is 12.2 Å². The summed E-state index contributed by atoms with van der Waals surface area (Å²) in [7, 11) is 0. The Hall–Kier alpha value is -1.59. The molecule has 0 N–H and O–H groups in total. The van der Waals surface area contributed by atoms with E-state index in [1.165, 1.54) is 6.08 Å². The first-order valence-electron chi connectivity index (χ1n) is 6.27. The number of rotatable bonds is 2. The first-order chi connectivity index (χ1) is 8.76. The van der Waals surface area contributed by atoms with Gasteiger partial charge < -0.3 is 9.47 Å². The number of carbonyl (C=O) groups excluding carboxylic acids is 2. The maximum Gasteiger partial charge on any atom is 0.412 e. The molecule has 5 nitrogen and oxygen atoms in total. The molecule has 0 spiro atoms. The van der Waals surface area contributed by atoms with Gasteiger partial charge in [0.2, 0.25) is 6.30 Å². The molecule has 1 rings (SSSR count). The molecule has 6 heteroatoms. The predicted molar refractivity (Wildman–Crippen MR) is 67.2 cm³/mol. The van der Waals surface area contributed by atoms with Gasteiger partial charge in [-0.05, 0) is 34.1 Å². The van der Waals surface area contributed by atoms with Gasteiger partial charge in [-0.1, -0.05) is 6.08 Å². The van der Waals surface area contributed by atoms with E-state index >= 15 is 0 Å². The van der Waals surface area contributed by atoms with Crippen molar-refractivity contribution in [2.75, 3.05) is 13.2 Å². The van der Waals surface area contributed by atoms with E-state index in [4.69, 9.17) is 9.47 Å². The Morgan fingerprint density at radius 3 is 2.63 bits per heavy atom. The number of esters is 1. The highest BCUT2D eigenvalue weighted by atomic mass is 19.1. The first-order valence-corrected chi connectivity index (χ1v) is 6.27. The molecular weight excluding hydrogens is 253 g/mol. The van der Waals surface area contributed by atoms with Crippen molar-refractivity contribution in [2.45, 2.75) is 46.0 Å². The number of alkyl halides is 1. The van der Waals surface area contributed by atoms with Gasteiger partial charge in [0.1, 0.15) is 5.60 Å². The molecule has 1 aliphatic heterocycles. The average molecular weight is 273 g/mol. The molecule has 0 radical (unpaired) electrons. The van der Waals surface area contributed by atoms with Crippen LogP contribution in [-0.2, 0) is 14.3 Å². The second-order valence-electron chi connectivity index (χ2n) is 5.18. The van der Waals surface area contributed by atoms with Crippen molar-refractivity contribution in [1.82, 2.24) is 4.90 Å². The van der Waals surface area contributed by atoms with Crippen LogP contribution in [0.15, 0.2) is 11.6 Å². The van der Waals surface area contributed by atoms with Gasteiger partial charge in [-0.25, -0.2) is 14.0 Å². The number of hydrogen-bond donors (Lipinski definition) is 0. The van der Waals surface area contributed by atoms with Crippen LogP contribution in [-0.4, -0.2) is 42.0 Å². The van der Waals surface area contributed by atoms with E-state index in [1.807, 2.05) is 0 Å². The van der Waals surface area contributed by atoms with Gasteiger partial charge in [0.25, 0.3) is 0 Å². The highest BCUT2D eigenvalue weighted by Crippen LogP contribution is 2.23. The predicted octanol–water partition coefficient (Wildman–Crippen LogP) is 2.41. The zero-order valence-electron chi connectivity index (χ0n) is 11.7. The third kappa shape index (κ3) is 4.22. The number of hydrogen-bond acceptors (Lipinski definition) is 4. The van der Waals surface area contributed by atoms with Gasteiger partial charge in [-0.2, -0.15) is 0 Å². The minimum atomic E-state index is -1.82. The van der Waals surface area contributed by atoms with Crippen molar-refractivity contribution in [1.29, 1.82) is 0 Å². The normalized spacial score (nSPS) is 19.7. The summed E-state index contributed by atoms with van der Waals surface area (Å²) in [6, 6.07) is 0. The summed E-state index contributed by atoms with van der Waals surface area (Å²) < 4.78 is 24.0. The largest absolute Gasteiger partial charge is 0.463 e. The molecule has 0 aliphatic carbocycles. The number of ether oxygens (including phenoxy) is 2. The lowest BCUT2D eigenvalue weighted by molar-refractivity contribution is -0.140. The summed E-state index contributed by atoms with van der Waals surface area (Å²) in [4.78, 5) is 24.3. The van der Waals surface area contributed by atoms with E-state index in [0.29, 0.717) is 6.42 Å². The Kier molecular flexibility index (Phi) is 4.91. The van der Waals surface area contributed by atoms with Crippen molar-refractivity contribution in [3.8, 4) is 0 Å². The van der Waals surface area contributed by atoms with Gasteiger partial charge in [0, 0.05) is 6.54 Å². The molecule has 0 saturated carbocycles. The summed E-state index contributed by atoms with van der Waals surface area (Å²) in [5, 5.41) is 0. The SMILES string of the molecule is CCOC(=O)C1=CCCN(C(=O)OC(C)(C)C)C1F. The Balaban J connectivity index is 2.76. The zero-order chi connectivity index (χ0) is 14.6. The number of nitrogens with zero attached hydrogens (tertiary/aromatic N) is 1. The van der Waals surface area contributed by atoms with E-state index in [2.05, 4.69) is 0 Å². The lowest BCUT2D eigenvalue weighted by Crippen LogP contribution is -2.45. The zero-order valence-corrected chi connectivity index (χ0v) is 11.7. The van der Waals surface area contributed by atoms with Crippen LogP contribution in [0.5, 0.6) is 0 Å². The van der Waals surface area contributed by atoms with E-state index in [9.17, 15) is 14.0 Å². The quantitative estimate of drug-likeness (QED) is 0.572. The lowest BCUT2D eigenvalue weighted by atomic mass is 10.1. The van der Waals surface area contributed by atoms with Gasteiger partial charge >= 0.3 is 12.1 Å². The topological polar surface area (TPSA) is 55.8 Å². The van der Waals surface area contributed by atoms with Crippen LogP contribution >= 0.6 is 0 Å². The molecule has 0 aromatic carbocycles. The highest BCUT2D eigenvalue weighted by molar-refractivity contribution is 5.90. The van der Waals surface area contributed by atoms with E-state index in [-0.39, 0.29) is 18.7 Å². The molecule has 1 unspecified atom stereocenters. The smallest absolute Gasteiger partial charge is 0.412 e. The summed E-state index contributed by atoms with van der Waals surface area (Å²) in [5.41, 5.74) is -0.846. The fourth-order valence-electron chi connectivity index (χ4n) is 1.64. The standard InChI is InChI=1S/C13H20FNO4/c1-5-18-11(16)9-7-6-8-15(10(9)14)12(17)19-13(2,3)4/h7,10H,5-6,8H2,1-4H3. The molecule has 1 amide bonds. The monoisotopic (exact) mass is 273 g/mol. The van der Waals surface area contributed by atoms with Crippen LogP contribution in [0.1, 0.15) is 34.1 Å². The maximum atomic E-state index is 14.2. The maximum absolute atomic E-state index is 14.2. The van der Waals surface area contributed by atoms with E-state index < -0.39 is 24.0 Å². The Morgan fingerprint density at radius 1 is 1.47 bits per heavy atom. The van der Waals surface area contributed by atoms with Gasteiger partial charge in [0.15, 0.2) is 0 Å². The third-order valence-electron chi connectivity index (χ3n) is 2.40. The Bertz CT molecular complexity index is 387. The molecule has 0 aromatic rings. The third-order valence-corrected chi connectivity index (χ3v) is 2.40. The summed E-state index contributed by atoms with van der Waals surface area (Å²) in [6.07, 6.45) is -0.727. The molecule has 108 valence electrons. The minimum Gasteiger partial charge on any atom is -0.463 e. The molecule has 0 saturated heterocycles. The van der Waals surface area contributed by atoms with E-state index in [0.717, 1.165) is 4.90 Å². The Labute approximate surface area is 112 Å². The summed E-state index contributed by atoms with van der Waals surface area (Å²) in [5.74, 6) is -0.733. The van der Waals surface area contributed by atoms with E-state index in [1.54, 1.807) is 27.7 Å². The summed E-state index contributed by atoms with van der Waals surface area (Å²) in [6.45, 7) is 7.08. The first kappa shape index (κ1) is 15.5. The lowest BCUT2D eigenvalue weighted by Gasteiger charge is -2.32. The minimum absolute atomic E-state index is 0.140. The molecule has 19 heavy (non-hydrogen) atoms. The fourth-order valence-corrected chi connectivity index (χ4v) is 1.64. The van der Waals surface area contributed by atoms with Crippen molar-refractivity contribution in [2.24, 2.45) is 0 Å². The second kappa shape index (κ2) is 6.04. The van der Waals surface area contributed by atoms with Crippen molar-refractivity contribution in [3.05, 3.63) is 11.6 Å². The van der Waals surface area contributed by atoms with Gasteiger partial charge in [-0.15, -0.1) is 0 Å². The van der Waals surface area contributed by atoms with Crippen molar-refractivity contribution >= 4 is 12.1 Å². The van der Waals surface area contributed by atoms with Crippen molar-refractivity contribution < 1.29 is 23.5 Å². The second-order valence-corrected chi connectivity index (χ2v) is 5.18. The highest BCUT2D eigenvalue weighted by Gasteiger charge is 2.35. The molecule has 1 aliphatic rings. The Morgan fingerprint density at radius 2 is 2.11 bits per heavy atom. The molecular formula is C13H20FNO4. The van der Waals surface area contributed by atoms with Crippen LogP contribution < -0.4 is 0 Å². The van der Waals surface area contributed by atoms with Crippen LogP contribution in [0, 0.1) is 0 Å². The molecule has 1 atom stereocenters. The average Bonchev–Trinajstić information content (AvgIpc) is 2.27. The fraction of sp³-hybridized carbons (Fsp3) is 0.692. The number of amides is 1. The van der Waals surface area contributed by atoms with Crippen molar-refractivity contribution in [3.63, 3.8) is 0 Å². The molecule has 1 heterocycles. The van der Waals surface area contributed by atoms with Crippen LogP contribution in [0.2, 0.25) is 0 Å². The number of carbonyl (C=O) groups is 2. The van der Waals surface area contributed by atoms with Gasteiger partial charge in [-0.3, -0.25) is 4.90 Å². The van der Waals surface area contributed by atoms with Crippen LogP contribution in [0.3, 0.4) is 0 Å². The molecule has 0 fully saturated rings. The van der Waals surface area contributed by atoms with Crippen LogP contribution in [0.25, 0.3) is 0 Å². The molecule has 0 aromatic heterocycles.